The average Bonchev–Trinajstić information content (AvgIpc) is 2.99. The topological polar surface area (TPSA) is 75.4 Å². The maximum absolute atomic E-state index is 13.0. The zero-order valence-electron chi connectivity index (χ0n) is 14.7. The number of hydrogen-bond acceptors (Lipinski definition) is 5. The third-order valence-electron chi connectivity index (χ3n) is 4.47. The number of para-hydroxylation sites is 2. The normalized spacial score (nSPS) is 14.8. The fraction of sp³-hybridized carbons (Fsp3) is 0.250. The first-order valence-electron chi connectivity index (χ1n) is 8.83. The highest BCUT2D eigenvalue weighted by molar-refractivity contribution is 7.98. The molecule has 1 N–H and O–H groups in total. The smallest absolute Gasteiger partial charge is 0.257 e. The summed E-state index contributed by atoms with van der Waals surface area (Å²) in [6, 6.07) is 15.2. The van der Waals surface area contributed by atoms with E-state index in [0.29, 0.717) is 42.6 Å². The van der Waals surface area contributed by atoms with Crippen LogP contribution in [0.5, 0.6) is 0 Å². The first-order valence-corrected chi connectivity index (χ1v) is 9.81. The number of hydrogen-bond donors (Lipinski definition) is 1. The minimum atomic E-state index is -0.0414. The molecule has 27 heavy (non-hydrogen) atoms. The number of amides is 2. The number of aromatic nitrogens is 1. The lowest BCUT2D eigenvalue weighted by molar-refractivity contribution is -0.120. The van der Waals surface area contributed by atoms with Crippen molar-refractivity contribution in [3.8, 4) is 0 Å². The van der Waals surface area contributed by atoms with Gasteiger partial charge in [0.2, 0.25) is 5.91 Å². The first-order chi connectivity index (χ1) is 13.2. The Labute approximate surface area is 160 Å². The minimum absolute atomic E-state index is 0.00917. The maximum atomic E-state index is 13.0. The standard InChI is InChI=1S/C20H19N3O3S/c24-18-9-11-23(12-10-21-18)19(25)15-6-2-1-5-14(15)13-27-20-22-16-7-3-4-8-17(16)26-20/h1-8H,9-13H2,(H,21,24). The van der Waals surface area contributed by atoms with E-state index in [2.05, 4.69) is 10.3 Å². The van der Waals surface area contributed by atoms with Crippen LogP contribution >= 0.6 is 11.8 Å². The second-order valence-corrected chi connectivity index (χ2v) is 7.21. The summed E-state index contributed by atoms with van der Waals surface area (Å²) in [4.78, 5) is 30.7. The molecule has 4 rings (SSSR count). The van der Waals surface area contributed by atoms with Gasteiger partial charge in [-0.25, -0.2) is 4.98 Å². The number of fused-ring (bicyclic) bond motifs is 1. The molecule has 2 amide bonds. The van der Waals surface area contributed by atoms with Crippen LogP contribution in [0.15, 0.2) is 58.2 Å². The van der Waals surface area contributed by atoms with Crippen molar-refractivity contribution in [1.82, 2.24) is 15.2 Å². The molecule has 1 saturated heterocycles. The summed E-state index contributed by atoms with van der Waals surface area (Å²) in [5.74, 6) is 0.533. The van der Waals surface area contributed by atoms with Crippen molar-refractivity contribution in [2.75, 3.05) is 19.6 Å². The Bertz CT molecular complexity index is 952. The summed E-state index contributed by atoms with van der Waals surface area (Å²) in [5.41, 5.74) is 3.17. The number of nitrogens with one attached hydrogen (secondary N) is 1. The van der Waals surface area contributed by atoms with Crippen LogP contribution in [0.3, 0.4) is 0 Å². The minimum Gasteiger partial charge on any atom is -0.431 e. The zero-order valence-corrected chi connectivity index (χ0v) is 15.5. The number of carbonyl (C=O) groups is 2. The third-order valence-corrected chi connectivity index (χ3v) is 5.35. The van der Waals surface area contributed by atoms with Gasteiger partial charge in [-0.2, -0.15) is 0 Å². The second-order valence-electron chi connectivity index (χ2n) is 6.29. The number of carbonyl (C=O) groups excluding carboxylic acids is 2. The number of rotatable bonds is 4. The Kier molecular flexibility index (Phi) is 5.11. The van der Waals surface area contributed by atoms with Gasteiger partial charge < -0.3 is 14.6 Å². The Hall–Kier alpha value is -2.80. The van der Waals surface area contributed by atoms with Gasteiger partial charge in [0, 0.05) is 37.4 Å². The summed E-state index contributed by atoms with van der Waals surface area (Å²) >= 11 is 1.47. The molecule has 2 heterocycles. The molecule has 0 atom stereocenters. The van der Waals surface area contributed by atoms with Crippen molar-refractivity contribution >= 4 is 34.7 Å². The van der Waals surface area contributed by atoms with E-state index in [-0.39, 0.29) is 11.8 Å². The maximum Gasteiger partial charge on any atom is 0.257 e. The molecular formula is C20H19N3O3S. The number of oxazole rings is 1. The monoisotopic (exact) mass is 381 g/mol. The van der Waals surface area contributed by atoms with Crippen LogP contribution in [-0.4, -0.2) is 41.3 Å². The molecule has 1 aliphatic rings. The molecule has 6 nitrogen and oxygen atoms in total. The highest BCUT2D eigenvalue weighted by atomic mass is 32.2. The predicted octanol–water partition coefficient (Wildman–Crippen LogP) is 3.08. The largest absolute Gasteiger partial charge is 0.431 e. The van der Waals surface area contributed by atoms with Crippen molar-refractivity contribution in [2.24, 2.45) is 0 Å². The second kappa shape index (κ2) is 7.84. The molecule has 0 spiro atoms. The van der Waals surface area contributed by atoms with E-state index in [0.717, 1.165) is 16.7 Å². The molecule has 138 valence electrons. The van der Waals surface area contributed by atoms with Gasteiger partial charge in [-0.1, -0.05) is 42.1 Å². The number of nitrogens with zero attached hydrogens (tertiary/aromatic N) is 2. The Balaban J connectivity index is 1.50. The molecule has 1 aliphatic heterocycles. The fourth-order valence-corrected chi connectivity index (χ4v) is 3.89. The highest BCUT2D eigenvalue weighted by Gasteiger charge is 2.22. The van der Waals surface area contributed by atoms with Gasteiger partial charge in [0.05, 0.1) is 0 Å². The summed E-state index contributed by atoms with van der Waals surface area (Å²) in [7, 11) is 0. The molecule has 0 saturated carbocycles. The lowest BCUT2D eigenvalue weighted by atomic mass is 10.1. The SMILES string of the molecule is O=C1CCN(C(=O)c2ccccc2CSc2nc3ccccc3o2)CCN1. The van der Waals surface area contributed by atoms with Crippen molar-refractivity contribution in [2.45, 2.75) is 17.4 Å². The van der Waals surface area contributed by atoms with Crippen LogP contribution in [0.1, 0.15) is 22.3 Å². The van der Waals surface area contributed by atoms with Gasteiger partial charge in [0.1, 0.15) is 5.52 Å². The van der Waals surface area contributed by atoms with E-state index in [1.165, 1.54) is 11.8 Å². The summed E-state index contributed by atoms with van der Waals surface area (Å²) in [5, 5.41) is 3.38. The van der Waals surface area contributed by atoms with Crippen LogP contribution in [0.4, 0.5) is 0 Å². The summed E-state index contributed by atoms with van der Waals surface area (Å²) in [6.07, 6.45) is 0.339. The molecule has 3 aromatic rings. The van der Waals surface area contributed by atoms with Gasteiger partial charge in [0.15, 0.2) is 5.58 Å². The van der Waals surface area contributed by atoms with E-state index >= 15 is 0 Å². The van der Waals surface area contributed by atoms with E-state index in [1.807, 2.05) is 48.5 Å². The molecule has 0 unspecified atom stereocenters. The van der Waals surface area contributed by atoms with Crippen molar-refractivity contribution in [3.05, 3.63) is 59.7 Å². The quantitative estimate of drug-likeness (QED) is 0.703. The van der Waals surface area contributed by atoms with Crippen LogP contribution in [0.25, 0.3) is 11.1 Å². The zero-order chi connectivity index (χ0) is 18.6. The molecular weight excluding hydrogens is 362 g/mol. The van der Waals surface area contributed by atoms with Crippen LogP contribution in [0.2, 0.25) is 0 Å². The lowest BCUT2D eigenvalue weighted by Gasteiger charge is -2.21. The molecule has 1 aromatic heterocycles. The van der Waals surface area contributed by atoms with E-state index < -0.39 is 0 Å². The van der Waals surface area contributed by atoms with Gasteiger partial charge in [-0.3, -0.25) is 9.59 Å². The van der Waals surface area contributed by atoms with Gasteiger partial charge in [0.25, 0.3) is 11.1 Å². The summed E-state index contributed by atoms with van der Waals surface area (Å²) in [6.45, 7) is 1.46. The number of benzene rings is 2. The number of thioether (sulfide) groups is 1. The Morgan fingerprint density at radius 2 is 1.96 bits per heavy atom. The van der Waals surface area contributed by atoms with Crippen LogP contribution in [-0.2, 0) is 10.5 Å². The average molecular weight is 381 g/mol. The fourth-order valence-electron chi connectivity index (χ4n) is 3.05. The first kappa shape index (κ1) is 17.6. The molecule has 2 aromatic carbocycles. The third kappa shape index (κ3) is 3.98. The molecule has 7 heteroatoms. The molecule has 0 aliphatic carbocycles. The van der Waals surface area contributed by atoms with Crippen LogP contribution < -0.4 is 5.32 Å². The van der Waals surface area contributed by atoms with Gasteiger partial charge in [-0.15, -0.1) is 0 Å². The highest BCUT2D eigenvalue weighted by Crippen LogP contribution is 2.27. The van der Waals surface area contributed by atoms with E-state index in [1.54, 1.807) is 4.90 Å². The molecule has 0 bridgehead atoms. The van der Waals surface area contributed by atoms with Gasteiger partial charge >= 0.3 is 0 Å². The predicted molar refractivity (Wildman–Crippen MR) is 104 cm³/mol. The van der Waals surface area contributed by atoms with E-state index in [9.17, 15) is 9.59 Å². The molecule has 0 radical (unpaired) electrons. The van der Waals surface area contributed by atoms with Crippen LogP contribution in [0, 0.1) is 0 Å². The van der Waals surface area contributed by atoms with Crippen molar-refractivity contribution in [3.63, 3.8) is 0 Å². The molecule has 1 fully saturated rings. The summed E-state index contributed by atoms with van der Waals surface area (Å²) < 4.78 is 5.75. The lowest BCUT2D eigenvalue weighted by Crippen LogP contribution is -2.34. The van der Waals surface area contributed by atoms with E-state index in [4.69, 9.17) is 4.42 Å². The Morgan fingerprint density at radius 3 is 2.85 bits per heavy atom. The van der Waals surface area contributed by atoms with Gasteiger partial charge in [-0.05, 0) is 23.8 Å². The Morgan fingerprint density at radius 1 is 1.15 bits per heavy atom. The van der Waals surface area contributed by atoms with Crippen molar-refractivity contribution in [1.29, 1.82) is 0 Å². The van der Waals surface area contributed by atoms with Crippen molar-refractivity contribution < 1.29 is 14.0 Å².